The second-order valence-electron chi connectivity index (χ2n) is 6.35. The van der Waals surface area contributed by atoms with E-state index in [-0.39, 0.29) is 11.6 Å². The molecule has 1 saturated heterocycles. The third-order valence-corrected chi connectivity index (χ3v) is 4.94. The Morgan fingerprint density at radius 1 is 1.37 bits per heavy atom. The summed E-state index contributed by atoms with van der Waals surface area (Å²) >= 11 is 0. The number of hydrogen-bond acceptors (Lipinski definition) is 2. The quantitative estimate of drug-likeness (QED) is 0.854. The number of carbonyl (C=O) groups is 1. The first kappa shape index (κ1) is 14.6. The van der Waals surface area contributed by atoms with Crippen LogP contribution in [-0.2, 0) is 0 Å². The van der Waals surface area contributed by atoms with E-state index in [1.807, 2.05) is 4.90 Å². The first-order chi connectivity index (χ1) is 9.13. The Bertz CT molecular complexity index is 315. The Morgan fingerprint density at radius 2 is 2.05 bits per heavy atom. The van der Waals surface area contributed by atoms with Gasteiger partial charge in [0.25, 0.3) is 0 Å². The first-order valence-corrected chi connectivity index (χ1v) is 7.89. The van der Waals surface area contributed by atoms with Crippen molar-refractivity contribution in [2.45, 2.75) is 57.9 Å². The summed E-state index contributed by atoms with van der Waals surface area (Å²) in [6.07, 6.45) is 6.90. The number of amides is 2. The normalized spacial score (nSPS) is 31.5. The zero-order chi connectivity index (χ0) is 13.9. The predicted octanol–water partition coefficient (Wildman–Crippen LogP) is 2.43. The average Bonchev–Trinajstić information content (AvgIpc) is 2.93. The summed E-state index contributed by atoms with van der Waals surface area (Å²) in [5, 5.41) is 0. The highest BCUT2D eigenvalue weighted by atomic mass is 16.2. The maximum absolute atomic E-state index is 12.7. The zero-order valence-electron chi connectivity index (χ0n) is 12.5. The van der Waals surface area contributed by atoms with Crippen LogP contribution in [0.3, 0.4) is 0 Å². The lowest BCUT2D eigenvalue weighted by molar-refractivity contribution is 0.0546. The van der Waals surface area contributed by atoms with Crippen molar-refractivity contribution in [3.63, 3.8) is 0 Å². The standard InChI is InChI=1S/C15H29N3O/c1-3-18(14(19)17-9-4-5-10-17)15(12-16)8-6-7-13(2)11-15/h13H,3-12,16H2,1-2H3. The van der Waals surface area contributed by atoms with Crippen LogP contribution in [0.4, 0.5) is 4.79 Å². The molecule has 4 nitrogen and oxygen atoms in total. The summed E-state index contributed by atoms with van der Waals surface area (Å²) in [6.45, 7) is 7.60. The monoisotopic (exact) mass is 267 g/mol. The molecular formula is C15H29N3O. The lowest BCUT2D eigenvalue weighted by Gasteiger charge is -2.48. The van der Waals surface area contributed by atoms with E-state index in [0.29, 0.717) is 12.5 Å². The molecule has 0 aromatic rings. The van der Waals surface area contributed by atoms with Gasteiger partial charge in [-0.05, 0) is 38.5 Å². The largest absolute Gasteiger partial charge is 0.328 e. The number of likely N-dealkylation sites (tertiary alicyclic amines) is 1. The minimum atomic E-state index is -0.0912. The van der Waals surface area contributed by atoms with Gasteiger partial charge in [0.15, 0.2) is 0 Å². The van der Waals surface area contributed by atoms with Gasteiger partial charge in [0.05, 0.1) is 5.54 Å². The molecule has 2 atom stereocenters. The molecule has 1 aliphatic carbocycles. The molecule has 2 unspecified atom stereocenters. The van der Waals surface area contributed by atoms with Gasteiger partial charge in [0.1, 0.15) is 0 Å². The molecule has 0 bridgehead atoms. The van der Waals surface area contributed by atoms with Gasteiger partial charge in [-0.25, -0.2) is 4.79 Å². The van der Waals surface area contributed by atoms with Gasteiger partial charge in [-0.3, -0.25) is 0 Å². The van der Waals surface area contributed by atoms with Crippen LogP contribution in [0.15, 0.2) is 0 Å². The highest BCUT2D eigenvalue weighted by Gasteiger charge is 2.42. The summed E-state index contributed by atoms with van der Waals surface area (Å²) < 4.78 is 0. The van der Waals surface area contributed by atoms with Crippen LogP contribution < -0.4 is 5.73 Å². The molecular weight excluding hydrogens is 238 g/mol. The molecule has 2 fully saturated rings. The van der Waals surface area contributed by atoms with Crippen LogP contribution in [0, 0.1) is 5.92 Å². The summed E-state index contributed by atoms with van der Waals surface area (Å²) in [4.78, 5) is 16.8. The van der Waals surface area contributed by atoms with Crippen LogP contribution in [0.25, 0.3) is 0 Å². The molecule has 0 spiro atoms. The van der Waals surface area contributed by atoms with E-state index in [1.165, 1.54) is 12.8 Å². The van der Waals surface area contributed by atoms with E-state index in [1.54, 1.807) is 0 Å². The Morgan fingerprint density at radius 3 is 2.58 bits per heavy atom. The third kappa shape index (κ3) is 2.88. The van der Waals surface area contributed by atoms with Crippen LogP contribution in [0.2, 0.25) is 0 Å². The molecule has 0 aromatic heterocycles. The topological polar surface area (TPSA) is 49.6 Å². The van der Waals surface area contributed by atoms with Crippen LogP contribution in [0.1, 0.15) is 52.4 Å². The summed E-state index contributed by atoms with van der Waals surface area (Å²) in [6, 6.07) is 0.222. The molecule has 4 heteroatoms. The minimum absolute atomic E-state index is 0.0912. The van der Waals surface area contributed by atoms with Crippen molar-refractivity contribution in [1.29, 1.82) is 0 Å². The van der Waals surface area contributed by atoms with Gasteiger partial charge in [0.2, 0.25) is 0 Å². The second kappa shape index (κ2) is 6.12. The number of rotatable bonds is 3. The fraction of sp³-hybridized carbons (Fsp3) is 0.933. The van der Waals surface area contributed by atoms with Crippen molar-refractivity contribution in [3.05, 3.63) is 0 Å². The molecule has 1 saturated carbocycles. The molecule has 1 heterocycles. The van der Waals surface area contributed by atoms with E-state index in [9.17, 15) is 4.79 Å². The Balaban J connectivity index is 2.15. The maximum Gasteiger partial charge on any atom is 0.320 e. The predicted molar refractivity (Wildman–Crippen MR) is 78.0 cm³/mol. The van der Waals surface area contributed by atoms with Crippen molar-refractivity contribution in [3.8, 4) is 0 Å². The van der Waals surface area contributed by atoms with Crippen molar-refractivity contribution in [2.75, 3.05) is 26.2 Å². The summed E-state index contributed by atoms with van der Waals surface area (Å²) in [7, 11) is 0. The Hall–Kier alpha value is -0.770. The van der Waals surface area contributed by atoms with Gasteiger partial charge in [-0.2, -0.15) is 0 Å². The molecule has 1 aliphatic heterocycles. The molecule has 2 N–H and O–H groups in total. The lowest BCUT2D eigenvalue weighted by atomic mass is 9.75. The van der Waals surface area contributed by atoms with Gasteiger partial charge in [0, 0.05) is 26.2 Å². The zero-order valence-corrected chi connectivity index (χ0v) is 12.5. The van der Waals surface area contributed by atoms with Crippen molar-refractivity contribution >= 4 is 6.03 Å². The number of nitrogens with two attached hydrogens (primary N) is 1. The fourth-order valence-corrected chi connectivity index (χ4v) is 3.93. The molecule has 2 aliphatic rings. The lowest BCUT2D eigenvalue weighted by Crippen LogP contribution is -2.60. The number of nitrogens with zero attached hydrogens (tertiary/aromatic N) is 2. The fourth-order valence-electron chi connectivity index (χ4n) is 3.93. The molecule has 19 heavy (non-hydrogen) atoms. The molecule has 2 amide bonds. The highest BCUT2D eigenvalue weighted by Crippen LogP contribution is 2.37. The van der Waals surface area contributed by atoms with E-state index in [2.05, 4.69) is 18.7 Å². The van der Waals surface area contributed by atoms with Gasteiger partial charge >= 0.3 is 6.03 Å². The van der Waals surface area contributed by atoms with E-state index >= 15 is 0 Å². The SMILES string of the molecule is CCN(C(=O)N1CCCC1)C1(CN)CCCC(C)C1. The summed E-state index contributed by atoms with van der Waals surface area (Å²) in [5.74, 6) is 0.678. The second-order valence-corrected chi connectivity index (χ2v) is 6.35. The number of likely N-dealkylation sites (N-methyl/N-ethyl adjacent to an activating group) is 1. The number of urea groups is 1. The Labute approximate surface area is 117 Å². The van der Waals surface area contributed by atoms with Gasteiger partial charge < -0.3 is 15.5 Å². The minimum Gasteiger partial charge on any atom is -0.328 e. The highest BCUT2D eigenvalue weighted by molar-refractivity contribution is 5.75. The third-order valence-electron chi connectivity index (χ3n) is 4.94. The van der Waals surface area contributed by atoms with Crippen LogP contribution >= 0.6 is 0 Å². The molecule has 0 aromatic carbocycles. The van der Waals surface area contributed by atoms with Crippen molar-refractivity contribution in [2.24, 2.45) is 11.7 Å². The van der Waals surface area contributed by atoms with E-state index in [0.717, 1.165) is 45.3 Å². The molecule has 110 valence electrons. The average molecular weight is 267 g/mol. The van der Waals surface area contributed by atoms with E-state index in [4.69, 9.17) is 5.73 Å². The van der Waals surface area contributed by atoms with E-state index < -0.39 is 0 Å². The number of carbonyl (C=O) groups excluding carboxylic acids is 1. The van der Waals surface area contributed by atoms with Gasteiger partial charge in [-0.1, -0.05) is 19.8 Å². The van der Waals surface area contributed by atoms with Crippen molar-refractivity contribution < 1.29 is 4.79 Å². The van der Waals surface area contributed by atoms with Gasteiger partial charge in [-0.15, -0.1) is 0 Å². The first-order valence-electron chi connectivity index (χ1n) is 7.89. The van der Waals surface area contributed by atoms with Crippen molar-refractivity contribution in [1.82, 2.24) is 9.80 Å². The van der Waals surface area contributed by atoms with Crippen LogP contribution in [-0.4, -0.2) is 47.5 Å². The summed E-state index contributed by atoms with van der Waals surface area (Å²) in [5.41, 5.74) is 6.01. The van der Waals surface area contributed by atoms with Crippen LogP contribution in [0.5, 0.6) is 0 Å². The smallest absolute Gasteiger partial charge is 0.320 e. The number of hydrogen-bond donors (Lipinski definition) is 1. The maximum atomic E-state index is 12.7. The molecule has 0 radical (unpaired) electrons. The Kier molecular flexibility index (Phi) is 4.71. The molecule has 2 rings (SSSR count).